The SMILES string of the molecule is CC1(CNC(=O)C2COCCN2)CCCC1.Cl. The number of carbonyl (C=O) groups is 1. The number of morpholine rings is 1. The molecule has 0 aromatic carbocycles. The first-order chi connectivity index (χ1) is 7.70. The average Bonchev–Trinajstić information content (AvgIpc) is 2.75. The Morgan fingerprint density at radius 1 is 1.47 bits per heavy atom. The first kappa shape index (κ1) is 14.7. The molecule has 1 heterocycles. The molecule has 0 aromatic rings. The zero-order valence-electron chi connectivity index (χ0n) is 10.5. The Balaban J connectivity index is 0.00000144. The molecule has 5 heteroatoms. The molecule has 2 rings (SSSR count). The van der Waals surface area contributed by atoms with Crippen LogP contribution in [-0.4, -0.2) is 38.3 Å². The molecule has 1 unspecified atom stereocenters. The summed E-state index contributed by atoms with van der Waals surface area (Å²) in [5.41, 5.74) is 0.325. The van der Waals surface area contributed by atoms with Gasteiger partial charge in [0.25, 0.3) is 0 Å². The van der Waals surface area contributed by atoms with Crippen LogP contribution >= 0.6 is 12.4 Å². The minimum atomic E-state index is -0.154. The molecule has 1 saturated carbocycles. The highest BCUT2D eigenvalue weighted by atomic mass is 35.5. The van der Waals surface area contributed by atoms with Crippen molar-refractivity contribution in [3.8, 4) is 0 Å². The van der Waals surface area contributed by atoms with Crippen LogP contribution in [0.3, 0.4) is 0 Å². The molecule has 100 valence electrons. The maximum atomic E-state index is 11.8. The van der Waals surface area contributed by atoms with Crippen molar-refractivity contribution in [1.82, 2.24) is 10.6 Å². The summed E-state index contributed by atoms with van der Waals surface area (Å²) >= 11 is 0. The third-order valence-corrected chi connectivity index (χ3v) is 3.74. The van der Waals surface area contributed by atoms with E-state index in [1.54, 1.807) is 0 Å². The minimum Gasteiger partial charge on any atom is -0.378 e. The number of nitrogens with one attached hydrogen (secondary N) is 2. The van der Waals surface area contributed by atoms with Gasteiger partial charge in [0.05, 0.1) is 13.2 Å². The summed E-state index contributed by atoms with van der Waals surface area (Å²) in [6, 6.07) is -0.154. The summed E-state index contributed by atoms with van der Waals surface area (Å²) in [6.07, 6.45) is 5.08. The number of hydrogen-bond acceptors (Lipinski definition) is 3. The predicted molar refractivity (Wildman–Crippen MR) is 69.4 cm³/mol. The van der Waals surface area contributed by atoms with Crippen molar-refractivity contribution in [2.75, 3.05) is 26.3 Å². The number of hydrogen-bond donors (Lipinski definition) is 2. The maximum Gasteiger partial charge on any atom is 0.239 e. The lowest BCUT2D eigenvalue weighted by molar-refractivity contribution is -0.126. The van der Waals surface area contributed by atoms with Crippen LogP contribution < -0.4 is 10.6 Å². The molecule has 2 N–H and O–H groups in total. The molecular formula is C12H23ClN2O2. The molecule has 0 aromatic heterocycles. The Morgan fingerprint density at radius 3 is 2.76 bits per heavy atom. The Hall–Kier alpha value is -0.320. The van der Waals surface area contributed by atoms with Gasteiger partial charge in [0.15, 0.2) is 0 Å². The highest BCUT2D eigenvalue weighted by molar-refractivity contribution is 5.85. The number of rotatable bonds is 3. The van der Waals surface area contributed by atoms with Gasteiger partial charge >= 0.3 is 0 Å². The largest absolute Gasteiger partial charge is 0.378 e. The summed E-state index contributed by atoms with van der Waals surface area (Å²) in [7, 11) is 0. The van der Waals surface area contributed by atoms with E-state index in [0.717, 1.165) is 13.1 Å². The predicted octanol–water partition coefficient (Wildman–Crippen LogP) is 1.09. The van der Waals surface area contributed by atoms with Gasteiger partial charge in [0.2, 0.25) is 5.91 Å². The topological polar surface area (TPSA) is 50.4 Å². The van der Waals surface area contributed by atoms with Crippen molar-refractivity contribution in [2.24, 2.45) is 5.41 Å². The lowest BCUT2D eigenvalue weighted by atomic mass is 9.89. The zero-order chi connectivity index (χ0) is 11.4. The van der Waals surface area contributed by atoms with Gasteiger partial charge in [-0.2, -0.15) is 0 Å². The van der Waals surface area contributed by atoms with E-state index < -0.39 is 0 Å². The van der Waals surface area contributed by atoms with Crippen molar-refractivity contribution < 1.29 is 9.53 Å². The smallest absolute Gasteiger partial charge is 0.239 e. The van der Waals surface area contributed by atoms with E-state index in [2.05, 4.69) is 17.6 Å². The van der Waals surface area contributed by atoms with E-state index in [1.807, 2.05) is 0 Å². The molecule has 1 aliphatic carbocycles. The van der Waals surface area contributed by atoms with Crippen LogP contribution in [0.2, 0.25) is 0 Å². The van der Waals surface area contributed by atoms with Crippen molar-refractivity contribution in [2.45, 2.75) is 38.6 Å². The summed E-state index contributed by atoms with van der Waals surface area (Å²) < 4.78 is 5.28. The molecule has 1 saturated heterocycles. The molecule has 0 spiro atoms. The van der Waals surface area contributed by atoms with Crippen LogP contribution in [0, 0.1) is 5.41 Å². The third kappa shape index (κ3) is 4.12. The van der Waals surface area contributed by atoms with Gasteiger partial charge in [-0.15, -0.1) is 12.4 Å². The standard InChI is InChI=1S/C12H22N2O2.ClH/c1-12(4-2-3-5-12)9-14-11(15)10-8-16-7-6-13-10;/h10,13H,2-9H2,1H3,(H,14,15);1H. The fourth-order valence-corrected chi connectivity index (χ4v) is 2.56. The van der Waals surface area contributed by atoms with Crippen LogP contribution in [0.25, 0.3) is 0 Å². The molecule has 4 nitrogen and oxygen atoms in total. The highest BCUT2D eigenvalue weighted by Gasteiger charge is 2.30. The maximum absolute atomic E-state index is 11.8. The molecule has 2 fully saturated rings. The van der Waals surface area contributed by atoms with Gasteiger partial charge in [-0.3, -0.25) is 4.79 Å². The van der Waals surface area contributed by atoms with Gasteiger partial charge in [-0.1, -0.05) is 19.8 Å². The number of halogens is 1. The fourth-order valence-electron chi connectivity index (χ4n) is 2.56. The van der Waals surface area contributed by atoms with E-state index in [0.29, 0.717) is 18.6 Å². The Morgan fingerprint density at radius 2 is 2.18 bits per heavy atom. The van der Waals surface area contributed by atoms with Gasteiger partial charge in [-0.05, 0) is 18.3 Å². The van der Waals surface area contributed by atoms with Crippen LogP contribution in [0.5, 0.6) is 0 Å². The second-order valence-corrected chi connectivity index (χ2v) is 5.32. The molecule has 1 aliphatic heterocycles. The van der Waals surface area contributed by atoms with Crippen LogP contribution in [0.1, 0.15) is 32.6 Å². The van der Waals surface area contributed by atoms with E-state index in [9.17, 15) is 4.79 Å². The normalized spacial score (nSPS) is 27.2. The number of carbonyl (C=O) groups excluding carboxylic acids is 1. The van der Waals surface area contributed by atoms with Gasteiger partial charge in [0, 0.05) is 13.1 Å². The van der Waals surface area contributed by atoms with E-state index >= 15 is 0 Å². The molecule has 0 radical (unpaired) electrons. The second kappa shape index (κ2) is 6.57. The summed E-state index contributed by atoms with van der Waals surface area (Å²) in [5.74, 6) is 0.0906. The Kier molecular flexibility index (Phi) is 5.70. The molecule has 17 heavy (non-hydrogen) atoms. The molecular weight excluding hydrogens is 240 g/mol. The van der Waals surface area contributed by atoms with Gasteiger partial charge in [0.1, 0.15) is 6.04 Å². The number of amides is 1. The first-order valence-electron chi connectivity index (χ1n) is 6.28. The quantitative estimate of drug-likeness (QED) is 0.801. The van der Waals surface area contributed by atoms with Gasteiger partial charge < -0.3 is 15.4 Å². The molecule has 1 amide bonds. The summed E-state index contributed by atoms with van der Waals surface area (Å²) in [5, 5.41) is 6.22. The molecule has 2 aliphatic rings. The number of ether oxygens (including phenoxy) is 1. The fraction of sp³-hybridized carbons (Fsp3) is 0.917. The van der Waals surface area contributed by atoms with Crippen molar-refractivity contribution in [3.63, 3.8) is 0 Å². The van der Waals surface area contributed by atoms with Crippen molar-refractivity contribution in [1.29, 1.82) is 0 Å². The summed E-state index contributed by atoms with van der Waals surface area (Å²) in [6.45, 7) is 5.06. The van der Waals surface area contributed by atoms with E-state index in [-0.39, 0.29) is 24.4 Å². The van der Waals surface area contributed by atoms with E-state index in [4.69, 9.17) is 4.74 Å². The van der Waals surface area contributed by atoms with Gasteiger partial charge in [-0.25, -0.2) is 0 Å². The zero-order valence-corrected chi connectivity index (χ0v) is 11.3. The monoisotopic (exact) mass is 262 g/mol. The van der Waals surface area contributed by atoms with Crippen molar-refractivity contribution >= 4 is 18.3 Å². The molecule has 0 bridgehead atoms. The Bertz CT molecular complexity index is 249. The molecule has 1 atom stereocenters. The highest BCUT2D eigenvalue weighted by Crippen LogP contribution is 2.36. The lowest BCUT2D eigenvalue weighted by Crippen LogP contribution is -2.52. The van der Waals surface area contributed by atoms with Crippen LogP contribution in [0.4, 0.5) is 0 Å². The lowest BCUT2D eigenvalue weighted by Gasteiger charge is -2.27. The third-order valence-electron chi connectivity index (χ3n) is 3.74. The second-order valence-electron chi connectivity index (χ2n) is 5.32. The van der Waals surface area contributed by atoms with Crippen LogP contribution in [-0.2, 0) is 9.53 Å². The van der Waals surface area contributed by atoms with Crippen LogP contribution in [0.15, 0.2) is 0 Å². The summed E-state index contributed by atoms with van der Waals surface area (Å²) in [4.78, 5) is 11.8. The average molecular weight is 263 g/mol. The van der Waals surface area contributed by atoms with Crippen molar-refractivity contribution in [3.05, 3.63) is 0 Å². The van der Waals surface area contributed by atoms with E-state index in [1.165, 1.54) is 25.7 Å². The Labute approximate surface area is 109 Å². The minimum absolute atomic E-state index is 0. The first-order valence-corrected chi connectivity index (χ1v) is 6.28.